The van der Waals surface area contributed by atoms with Gasteiger partial charge in [0.1, 0.15) is 0 Å². The Hall–Kier alpha value is 1.53. The molecule has 0 fully saturated rings. The first-order chi connectivity index (χ1) is 17.6. The molecule has 0 rings (SSSR count). The lowest BCUT2D eigenvalue weighted by atomic mass is 10.0. The summed E-state index contributed by atoms with van der Waals surface area (Å²) in [5.74, 6) is 0. The molecule has 0 aliphatic rings. The summed E-state index contributed by atoms with van der Waals surface area (Å²) in [6, 6.07) is 1.06. The summed E-state index contributed by atoms with van der Waals surface area (Å²) in [5, 5.41) is 0. The Balaban J connectivity index is 3.03. The zero-order chi connectivity index (χ0) is 26.4. The van der Waals surface area contributed by atoms with E-state index >= 15 is 0 Å². The number of alkyl halides is 1. The largest absolute Gasteiger partial charge is 0.248 e. The molecule has 0 atom stereocenters. The van der Waals surface area contributed by atoms with Crippen molar-refractivity contribution in [2.45, 2.75) is 199 Å². The van der Waals surface area contributed by atoms with Crippen LogP contribution in [0.5, 0.6) is 0 Å². The van der Waals surface area contributed by atoms with E-state index < -0.39 is 6.69 Å². The SMILES string of the molecule is C[Si](Cl)(Cl)CCCCCCCCCCCCCCCCCCCCCCCCCCCCCCCI. The van der Waals surface area contributed by atoms with Crippen LogP contribution in [-0.2, 0) is 0 Å². The molecule has 0 spiro atoms. The van der Waals surface area contributed by atoms with E-state index in [0.717, 1.165) is 6.04 Å². The highest BCUT2D eigenvalue weighted by Gasteiger charge is 2.19. The summed E-state index contributed by atoms with van der Waals surface area (Å²) in [6.07, 6.45) is 42.1. The first-order valence-corrected chi connectivity index (χ1v) is 22.8. The number of hydrogen-bond donors (Lipinski definition) is 0. The van der Waals surface area contributed by atoms with Crippen LogP contribution in [0, 0.1) is 0 Å². The molecule has 0 aromatic heterocycles. The van der Waals surface area contributed by atoms with E-state index in [0.29, 0.717) is 0 Å². The van der Waals surface area contributed by atoms with Gasteiger partial charge in [-0.3, -0.25) is 0 Å². The molecule has 0 radical (unpaired) electrons. The molecule has 0 aromatic rings. The van der Waals surface area contributed by atoms with Gasteiger partial charge in [0, 0.05) is 0 Å². The predicted octanol–water partition coefficient (Wildman–Crippen LogP) is 14.3. The van der Waals surface area contributed by atoms with E-state index in [2.05, 4.69) is 22.6 Å². The van der Waals surface area contributed by atoms with Crippen molar-refractivity contribution in [3.05, 3.63) is 0 Å². The van der Waals surface area contributed by atoms with Crippen molar-refractivity contribution in [1.29, 1.82) is 0 Å². The summed E-state index contributed by atoms with van der Waals surface area (Å²) in [7, 11) is 0. The molecule has 0 amide bonds. The maximum absolute atomic E-state index is 6.15. The molecule has 0 saturated carbocycles. The van der Waals surface area contributed by atoms with Gasteiger partial charge in [0.25, 0.3) is 0 Å². The van der Waals surface area contributed by atoms with Gasteiger partial charge < -0.3 is 0 Å². The van der Waals surface area contributed by atoms with Gasteiger partial charge in [0.05, 0.1) is 0 Å². The Kier molecular flexibility index (Phi) is 32.4. The molecule has 218 valence electrons. The molecule has 0 bridgehead atoms. The second-order valence-electron chi connectivity index (χ2n) is 11.8. The monoisotopic (exact) mass is 674 g/mol. The minimum absolute atomic E-state index is 1.06. The van der Waals surface area contributed by atoms with Gasteiger partial charge in [-0.25, -0.2) is 0 Å². The van der Waals surface area contributed by atoms with Crippen molar-refractivity contribution in [1.82, 2.24) is 0 Å². The molecular weight excluding hydrogens is 610 g/mol. The fraction of sp³-hybridized carbons (Fsp3) is 1.00. The van der Waals surface area contributed by atoms with Crippen LogP contribution in [0.3, 0.4) is 0 Å². The number of hydrogen-bond acceptors (Lipinski definition) is 0. The maximum Gasteiger partial charge on any atom is 0.248 e. The predicted molar refractivity (Wildman–Crippen MR) is 181 cm³/mol. The van der Waals surface area contributed by atoms with Crippen LogP contribution in [-0.4, -0.2) is 11.1 Å². The highest BCUT2D eigenvalue weighted by atomic mass is 127. The van der Waals surface area contributed by atoms with Crippen LogP contribution >= 0.6 is 44.7 Å². The van der Waals surface area contributed by atoms with Crippen LogP contribution in [0.1, 0.15) is 186 Å². The average molecular weight is 676 g/mol. The summed E-state index contributed by atoms with van der Waals surface area (Å²) >= 11 is 14.8. The Morgan fingerprint density at radius 3 is 0.667 bits per heavy atom. The average Bonchev–Trinajstić information content (AvgIpc) is 2.84. The molecule has 4 heteroatoms. The van der Waals surface area contributed by atoms with Gasteiger partial charge in [-0.1, -0.05) is 202 Å². The van der Waals surface area contributed by atoms with Crippen molar-refractivity contribution in [2.24, 2.45) is 0 Å². The normalized spacial score (nSPS) is 12.0. The lowest BCUT2D eigenvalue weighted by Crippen LogP contribution is -2.11. The van der Waals surface area contributed by atoms with Crippen LogP contribution in [0.2, 0.25) is 12.6 Å². The minimum atomic E-state index is -1.84. The minimum Gasteiger partial charge on any atom is -0.146 e. The lowest BCUT2D eigenvalue weighted by Gasteiger charge is -2.09. The van der Waals surface area contributed by atoms with Crippen molar-refractivity contribution in [3.63, 3.8) is 0 Å². The zero-order valence-corrected chi connectivity index (χ0v) is 29.2. The highest BCUT2D eigenvalue weighted by molar-refractivity contribution is 14.1. The Bertz CT molecular complexity index is 400. The van der Waals surface area contributed by atoms with Crippen LogP contribution in [0.25, 0.3) is 0 Å². The van der Waals surface area contributed by atoms with Gasteiger partial charge in [-0.2, -0.15) is 0 Å². The topological polar surface area (TPSA) is 0 Å². The Morgan fingerprint density at radius 1 is 0.333 bits per heavy atom. The molecule has 0 aromatic carbocycles. The van der Waals surface area contributed by atoms with Gasteiger partial charge >= 0.3 is 0 Å². The third-order valence-electron chi connectivity index (χ3n) is 7.75. The molecule has 0 heterocycles. The standard InChI is InChI=1S/C32H65Cl2ISi/c1-36(33,34)32-30-28-26-24-22-20-18-16-14-12-10-8-6-4-2-3-5-7-9-11-13-15-17-19-21-23-25-27-29-31-35/h2-32H2,1H3. The van der Waals surface area contributed by atoms with Crippen molar-refractivity contribution in [2.75, 3.05) is 4.43 Å². The summed E-state index contributed by atoms with van der Waals surface area (Å²) in [4.78, 5) is 0. The molecule has 0 N–H and O–H groups in total. The van der Waals surface area contributed by atoms with E-state index in [1.807, 2.05) is 6.55 Å². The zero-order valence-electron chi connectivity index (χ0n) is 24.6. The molecule has 0 nitrogen and oxygen atoms in total. The van der Waals surface area contributed by atoms with E-state index in [1.165, 1.54) is 191 Å². The van der Waals surface area contributed by atoms with Crippen LogP contribution < -0.4 is 0 Å². The number of unbranched alkanes of at least 4 members (excludes halogenated alkanes) is 28. The Labute approximate surface area is 253 Å². The first-order valence-electron chi connectivity index (χ1n) is 16.5. The van der Waals surface area contributed by atoms with Crippen LogP contribution in [0.15, 0.2) is 0 Å². The van der Waals surface area contributed by atoms with Gasteiger partial charge in [0.15, 0.2) is 0 Å². The quantitative estimate of drug-likeness (QED) is 0.0226. The van der Waals surface area contributed by atoms with Crippen LogP contribution in [0.4, 0.5) is 0 Å². The van der Waals surface area contributed by atoms with Crippen molar-refractivity contribution in [3.8, 4) is 0 Å². The fourth-order valence-corrected chi connectivity index (χ4v) is 7.51. The highest BCUT2D eigenvalue weighted by Crippen LogP contribution is 2.23. The van der Waals surface area contributed by atoms with E-state index in [4.69, 9.17) is 22.2 Å². The van der Waals surface area contributed by atoms with Crippen molar-refractivity contribution < 1.29 is 0 Å². The van der Waals surface area contributed by atoms with E-state index in [1.54, 1.807) is 0 Å². The molecule has 0 unspecified atom stereocenters. The maximum atomic E-state index is 6.15. The van der Waals surface area contributed by atoms with Gasteiger partial charge in [0.2, 0.25) is 6.69 Å². The summed E-state index contributed by atoms with van der Waals surface area (Å²) in [5.41, 5.74) is 0. The molecule has 0 aliphatic heterocycles. The summed E-state index contributed by atoms with van der Waals surface area (Å²) < 4.78 is 1.34. The van der Waals surface area contributed by atoms with Gasteiger partial charge in [-0.15, -0.1) is 22.2 Å². The van der Waals surface area contributed by atoms with E-state index in [9.17, 15) is 0 Å². The number of rotatable bonds is 31. The molecule has 0 aliphatic carbocycles. The fourth-order valence-electron chi connectivity index (χ4n) is 5.30. The second-order valence-corrected chi connectivity index (χ2v) is 21.1. The lowest BCUT2D eigenvalue weighted by molar-refractivity contribution is 0.514. The molecule has 36 heavy (non-hydrogen) atoms. The second kappa shape index (κ2) is 31.1. The first kappa shape index (κ1) is 37.5. The van der Waals surface area contributed by atoms with Crippen molar-refractivity contribution >= 4 is 51.4 Å². The number of halogens is 3. The Morgan fingerprint density at radius 2 is 0.500 bits per heavy atom. The third-order valence-corrected chi connectivity index (χ3v) is 10.9. The molecular formula is C32H65Cl2ISi. The smallest absolute Gasteiger partial charge is 0.146 e. The summed E-state index contributed by atoms with van der Waals surface area (Å²) in [6.45, 7) is 0.203. The molecule has 0 saturated heterocycles. The third kappa shape index (κ3) is 35.5. The van der Waals surface area contributed by atoms with E-state index in [-0.39, 0.29) is 0 Å². The van der Waals surface area contributed by atoms with Gasteiger partial charge in [-0.05, 0) is 23.4 Å².